The molecule has 0 radical (unpaired) electrons. The topological polar surface area (TPSA) is 53.0 Å². The number of nitrogens with zero attached hydrogens (tertiary/aromatic N) is 3. The lowest BCUT2D eigenvalue weighted by atomic mass is 10.00. The predicted octanol–water partition coefficient (Wildman–Crippen LogP) is 4.95. The molecule has 0 spiro atoms. The number of unbranched alkanes of at least 4 members (excludes halogenated alkanes) is 1. The van der Waals surface area contributed by atoms with E-state index >= 15 is 0 Å². The number of likely N-dealkylation sites (tertiary alicyclic amines) is 1. The maximum atomic E-state index is 12.9. The van der Waals surface area contributed by atoms with Gasteiger partial charge in [-0.25, -0.2) is 5.01 Å². The van der Waals surface area contributed by atoms with Crippen LogP contribution in [0.1, 0.15) is 63.7 Å². The molecule has 2 aliphatic rings. The number of amides is 2. The highest BCUT2D eigenvalue weighted by Crippen LogP contribution is 2.25. The summed E-state index contributed by atoms with van der Waals surface area (Å²) in [6, 6.07) is 4.10. The van der Waals surface area contributed by atoms with E-state index in [4.69, 9.17) is 5.10 Å². The summed E-state index contributed by atoms with van der Waals surface area (Å²) in [6.07, 6.45) is 12.9. The van der Waals surface area contributed by atoms with Crippen LogP contribution in [0.2, 0.25) is 0 Å². The van der Waals surface area contributed by atoms with Crippen molar-refractivity contribution >= 4 is 28.9 Å². The summed E-state index contributed by atoms with van der Waals surface area (Å²) in [5, 5.41) is 8.44. The Morgan fingerprint density at radius 1 is 1.33 bits per heavy atom. The first-order valence-corrected chi connectivity index (χ1v) is 12.1. The number of hydrogen-bond donors (Lipinski definition) is 0. The number of rotatable bonds is 10. The van der Waals surface area contributed by atoms with E-state index in [0.717, 1.165) is 56.4 Å². The fourth-order valence-corrected chi connectivity index (χ4v) is 4.78. The predicted molar refractivity (Wildman–Crippen MR) is 124 cm³/mol. The Kier molecular flexibility index (Phi) is 8.43. The molecule has 1 fully saturated rings. The summed E-state index contributed by atoms with van der Waals surface area (Å²) in [7, 11) is 0. The van der Waals surface area contributed by atoms with Crippen molar-refractivity contribution in [3.63, 3.8) is 0 Å². The molecule has 30 heavy (non-hydrogen) atoms. The minimum atomic E-state index is -0.115. The number of carbonyl (C=O) groups excluding carboxylic acids is 2. The standard InChI is InChI=1S/C24H33N3O2S/c1-3-5-6-11-19(4-2)24-21(26-16-9-15-22(26)28)18-27(25-24)23(29)14-8-7-12-20-13-10-17-30-20/h5-6,10-11,13,17,21H,3-4,7-9,12,14-16,18H2,1-2H3/b6-5-,19-11+. The van der Waals surface area contributed by atoms with Gasteiger partial charge in [-0.1, -0.05) is 38.1 Å². The van der Waals surface area contributed by atoms with E-state index in [-0.39, 0.29) is 17.9 Å². The number of aryl methyl sites for hydroxylation is 1. The third-order valence-corrected chi connectivity index (χ3v) is 6.62. The van der Waals surface area contributed by atoms with Crippen LogP contribution in [0.4, 0.5) is 0 Å². The summed E-state index contributed by atoms with van der Waals surface area (Å²) in [4.78, 5) is 28.6. The number of hydrogen-bond acceptors (Lipinski definition) is 4. The zero-order valence-electron chi connectivity index (χ0n) is 18.2. The first-order chi connectivity index (χ1) is 14.6. The van der Waals surface area contributed by atoms with Crippen LogP contribution >= 0.6 is 11.3 Å². The van der Waals surface area contributed by atoms with Crippen LogP contribution in [0.25, 0.3) is 0 Å². The third-order valence-electron chi connectivity index (χ3n) is 5.69. The van der Waals surface area contributed by atoms with E-state index in [9.17, 15) is 9.59 Å². The molecule has 0 bridgehead atoms. The van der Waals surface area contributed by atoms with Gasteiger partial charge in [0.05, 0.1) is 18.3 Å². The lowest BCUT2D eigenvalue weighted by Crippen LogP contribution is -2.44. The molecule has 5 nitrogen and oxygen atoms in total. The highest BCUT2D eigenvalue weighted by molar-refractivity contribution is 7.09. The monoisotopic (exact) mass is 427 g/mol. The fourth-order valence-electron chi connectivity index (χ4n) is 4.03. The van der Waals surface area contributed by atoms with Gasteiger partial charge in [-0.2, -0.15) is 5.10 Å². The molecule has 3 rings (SSSR count). The molecule has 1 atom stereocenters. The first kappa shape index (κ1) is 22.5. The van der Waals surface area contributed by atoms with Gasteiger partial charge in [0.25, 0.3) is 0 Å². The Balaban J connectivity index is 1.67. The second-order valence-electron chi connectivity index (χ2n) is 7.84. The minimum absolute atomic E-state index is 0.0624. The first-order valence-electron chi connectivity index (χ1n) is 11.2. The number of thiophene rings is 1. The molecule has 162 valence electrons. The van der Waals surface area contributed by atoms with Gasteiger partial charge in [-0.3, -0.25) is 9.59 Å². The number of allylic oxidation sites excluding steroid dienone is 3. The van der Waals surface area contributed by atoms with Gasteiger partial charge in [0.1, 0.15) is 0 Å². The average Bonchev–Trinajstić information content (AvgIpc) is 3.49. The summed E-state index contributed by atoms with van der Waals surface area (Å²) >= 11 is 1.77. The molecule has 0 saturated carbocycles. The van der Waals surface area contributed by atoms with Crippen LogP contribution in [0.5, 0.6) is 0 Å². The van der Waals surface area contributed by atoms with Crippen molar-refractivity contribution in [2.75, 3.05) is 13.1 Å². The molecule has 1 aromatic rings. The second-order valence-corrected chi connectivity index (χ2v) is 8.87. The molecule has 1 saturated heterocycles. The van der Waals surface area contributed by atoms with E-state index < -0.39 is 0 Å². The summed E-state index contributed by atoms with van der Waals surface area (Å²) < 4.78 is 0. The molecular weight excluding hydrogens is 394 g/mol. The molecule has 0 N–H and O–H groups in total. The van der Waals surface area contributed by atoms with Gasteiger partial charge in [-0.15, -0.1) is 11.3 Å². The van der Waals surface area contributed by atoms with Gasteiger partial charge in [-0.05, 0) is 55.5 Å². The average molecular weight is 428 g/mol. The number of carbonyl (C=O) groups is 2. The molecule has 3 heterocycles. The molecule has 2 aliphatic heterocycles. The van der Waals surface area contributed by atoms with Crippen molar-refractivity contribution in [1.82, 2.24) is 9.91 Å². The van der Waals surface area contributed by atoms with Crippen molar-refractivity contribution in [2.45, 2.75) is 71.3 Å². The number of hydrazone groups is 1. The van der Waals surface area contributed by atoms with E-state index in [0.29, 0.717) is 19.4 Å². The maximum Gasteiger partial charge on any atom is 0.242 e. The normalized spacial score (nSPS) is 19.9. The van der Waals surface area contributed by atoms with Gasteiger partial charge >= 0.3 is 0 Å². The molecule has 1 aromatic heterocycles. The summed E-state index contributed by atoms with van der Waals surface area (Å²) in [5.74, 6) is 0.241. The molecular formula is C24H33N3O2S. The van der Waals surface area contributed by atoms with E-state index in [1.54, 1.807) is 16.3 Å². The molecule has 6 heteroatoms. The van der Waals surface area contributed by atoms with Crippen LogP contribution in [0, 0.1) is 0 Å². The molecule has 0 aromatic carbocycles. The highest BCUT2D eigenvalue weighted by atomic mass is 32.1. The SMILES string of the molecule is CC/C=C\C=C(/CC)C1=NN(C(=O)CCCCc2cccs2)CC1N1CCCC1=O. The molecule has 0 aliphatic carbocycles. The molecule has 1 unspecified atom stereocenters. The third kappa shape index (κ3) is 5.69. The van der Waals surface area contributed by atoms with Crippen molar-refractivity contribution in [1.29, 1.82) is 0 Å². The van der Waals surface area contributed by atoms with Gasteiger partial charge in [0, 0.05) is 24.3 Å². The molecule has 2 amide bonds. The van der Waals surface area contributed by atoms with Crippen LogP contribution in [0.3, 0.4) is 0 Å². The van der Waals surface area contributed by atoms with Gasteiger partial charge in [0.15, 0.2) is 0 Å². The summed E-state index contributed by atoms with van der Waals surface area (Å²) in [6.45, 7) is 5.45. The quantitative estimate of drug-likeness (QED) is 0.392. The Labute approximate surface area is 184 Å². The maximum absolute atomic E-state index is 12.9. The zero-order valence-corrected chi connectivity index (χ0v) is 19.0. The zero-order chi connectivity index (χ0) is 21.3. The van der Waals surface area contributed by atoms with Crippen LogP contribution < -0.4 is 0 Å². The van der Waals surface area contributed by atoms with Crippen molar-refractivity contribution < 1.29 is 9.59 Å². The van der Waals surface area contributed by atoms with Crippen LogP contribution in [-0.4, -0.2) is 46.6 Å². The second kappa shape index (κ2) is 11.3. The minimum Gasteiger partial charge on any atom is -0.332 e. The lowest BCUT2D eigenvalue weighted by Gasteiger charge is -2.26. The van der Waals surface area contributed by atoms with E-state index in [1.165, 1.54) is 4.88 Å². The van der Waals surface area contributed by atoms with Crippen molar-refractivity contribution in [3.8, 4) is 0 Å². The van der Waals surface area contributed by atoms with Gasteiger partial charge < -0.3 is 4.90 Å². The summed E-state index contributed by atoms with van der Waals surface area (Å²) in [5.41, 5.74) is 2.00. The fraction of sp³-hybridized carbons (Fsp3) is 0.542. The van der Waals surface area contributed by atoms with Crippen LogP contribution in [-0.2, 0) is 16.0 Å². The Hall–Kier alpha value is -2.21. The highest BCUT2D eigenvalue weighted by Gasteiger charge is 2.38. The van der Waals surface area contributed by atoms with E-state index in [1.807, 2.05) is 4.90 Å². The van der Waals surface area contributed by atoms with Crippen molar-refractivity contribution in [2.24, 2.45) is 5.10 Å². The Morgan fingerprint density at radius 2 is 2.20 bits per heavy atom. The Morgan fingerprint density at radius 3 is 2.87 bits per heavy atom. The lowest BCUT2D eigenvalue weighted by molar-refractivity contribution is -0.133. The van der Waals surface area contributed by atoms with Crippen molar-refractivity contribution in [3.05, 3.63) is 46.2 Å². The largest absolute Gasteiger partial charge is 0.332 e. The smallest absolute Gasteiger partial charge is 0.242 e. The van der Waals surface area contributed by atoms with Crippen LogP contribution in [0.15, 0.2) is 46.4 Å². The van der Waals surface area contributed by atoms with E-state index in [2.05, 4.69) is 49.6 Å². The van der Waals surface area contributed by atoms with Gasteiger partial charge in [0.2, 0.25) is 11.8 Å². The Bertz CT molecular complexity index is 810.